The molecule has 6 nitrogen and oxygen atoms in total. The van der Waals surface area contributed by atoms with Crippen LogP contribution in [0.15, 0.2) is 28.7 Å². The van der Waals surface area contributed by atoms with Crippen molar-refractivity contribution in [2.45, 2.75) is 6.92 Å². The number of aromatic nitrogens is 3. The lowest BCUT2D eigenvalue weighted by Gasteiger charge is -2.05. The Morgan fingerprint density at radius 3 is 2.83 bits per heavy atom. The summed E-state index contributed by atoms with van der Waals surface area (Å²) in [5, 5.41) is 12.9. The molecule has 0 aliphatic rings. The van der Waals surface area contributed by atoms with Gasteiger partial charge in [-0.05, 0) is 31.2 Å². The predicted octanol–water partition coefficient (Wildman–Crippen LogP) is 2.49. The van der Waals surface area contributed by atoms with Crippen molar-refractivity contribution in [2.75, 3.05) is 11.9 Å². The molecule has 1 heterocycles. The van der Waals surface area contributed by atoms with Gasteiger partial charge in [-0.2, -0.15) is 0 Å². The molecule has 1 aromatic carbocycles. The molecule has 0 unspecified atom stereocenters. The Morgan fingerprint density at radius 2 is 2.17 bits per heavy atom. The van der Waals surface area contributed by atoms with E-state index in [0.717, 1.165) is 10.2 Å². The van der Waals surface area contributed by atoms with Gasteiger partial charge < -0.3 is 10.1 Å². The zero-order valence-corrected chi connectivity index (χ0v) is 11.2. The second-order valence-electron chi connectivity index (χ2n) is 3.39. The van der Waals surface area contributed by atoms with Gasteiger partial charge in [0.15, 0.2) is 5.82 Å². The molecule has 2 rings (SSSR count). The van der Waals surface area contributed by atoms with Crippen LogP contribution in [0.4, 0.5) is 11.5 Å². The van der Waals surface area contributed by atoms with Crippen LogP contribution in [0.25, 0.3) is 0 Å². The van der Waals surface area contributed by atoms with Crippen molar-refractivity contribution in [3.8, 4) is 0 Å². The number of nitrogens with one attached hydrogen (secondary N) is 2. The first kappa shape index (κ1) is 12.6. The van der Waals surface area contributed by atoms with E-state index in [-0.39, 0.29) is 5.69 Å². The molecule has 0 aliphatic heterocycles. The summed E-state index contributed by atoms with van der Waals surface area (Å²) in [5.74, 6) is -0.0957. The summed E-state index contributed by atoms with van der Waals surface area (Å²) in [6, 6.07) is 7.49. The van der Waals surface area contributed by atoms with Crippen molar-refractivity contribution < 1.29 is 9.53 Å². The molecular formula is C11H11BrN4O2. The van der Waals surface area contributed by atoms with Gasteiger partial charge in [0.2, 0.25) is 5.69 Å². The van der Waals surface area contributed by atoms with Gasteiger partial charge in [0.1, 0.15) is 0 Å². The third kappa shape index (κ3) is 2.86. The lowest BCUT2D eigenvalue weighted by atomic mass is 10.3. The Kier molecular flexibility index (Phi) is 3.93. The molecule has 0 fully saturated rings. The fourth-order valence-electron chi connectivity index (χ4n) is 1.34. The van der Waals surface area contributed by atoms with Crippen molar-refractivity contribution in [3.05, 3.63) is 34.4 Å². The average molecular weight is 311 g/mol. The zero-order valence-electron chi connectivity index (χ0n) is 9.61. The number of anilines is 2. The molecule has 94 valence electrons. The molecule has 1 aromatic heterocycles. The highest BCUT2D eigenvalue weighted by atomic mass is 79.9. The van der Waals surface area contributed by atoms with Crippen molar-refractivity contribution in [2.24, 2.45) is 0 Å². The van der Waals surface area contributed by atoms with Crippen LogP contribution < -0.4 is 5.32 Å². The van der Waals surface area contributed by atoms with Crippen molar-refractivity contribution in [3.63, 3.8) is 0 Å². The summed E-state index contributed by atoms with van der Waals surface area (Å²) < 4.78 is 5.85. The summed E-state index contributed by atoms with van der Waals surface area (Å²) >= 11 is 3.35. The van der Waals surface area contributed by atoms with Gasteiger partial charge in [0, 0.05) is 10.2 Å². The van der Waals surface area contributed by atoms with Gasteiger partial charge in [-0.25, -0.2) is 9.89 Å². The number of rotatable bonds is 4. The van der Waals surface area contributed by atoms with E-state index in [9.17, 15) is 4.79 Å². The number of nitrogens with zero attached hydrogens (tertiary/aromatic N) is 2. The Balaban J connectivity index is 2.17. The second kappa shape index (κ2) is 5.63. The summed E-state index contributed by atoms with van der Waals surface area (Å²) in [6.45, 7) is 2.03. The Morgan fingerprint density at radius 1 is 1.44 bits per heavy atom. The minimum atomic E-state index is -0.508. The smallest absolute Gasteiger partial charge is 0.362 e. The third-order valence-corrected chi connectivity index (χ3v) is 2.66. The summed E-state index contributed by atoms with van der Waals surface area (Å²) in [5.41, 5.74) is 0.953. The van der Waals surface area contributed by atoms with Crippen LogP contribution in [0.3, 0.4) is 0 Å². The molecule has 0 saturated heterocycles. The molecule has 0 bridgehead atoms. The van der Waals surface area contributed by atoms with E-state index in [1.165, 1.54) is 0 Å². The Hall–Kier alpha value is -1.89. The maximum absolute atomic E-state index is 11.6. The van der Waals surface area contributed by atoms with Crippen LogP contribution in [0.1, 0.15) is 17.4 Å². The predicted molar refractivity (Wildman–Crippen MR) is 69.8 cm³/mol. The Labute approximate surface area is 112 Å². The van der Waals surface area contributed by atoms with Crippen LogP contribution in [0, 0.1) is 0 Å². The molecule has 0 aliphatic carbocycles. The summed E-state index contributed by atoms with van der Waals surface area (Å²) in [7, 11) is 0. The fraction of sp³-hybridized carbons (Fsp3) is 0.182. The van der Waals surface area contributed by atoms with E-state index in [0.29, 0.717) is 12.4 Å². The van der Waals surface area contributed by atoms with Crippen LogP contribution >= 0.6 is 15.9 Å². The number of hydrogen-bond acceptors (Lipinski definition) is 5. The number of benzene rings is 1. The van der Waals surface area contributed by atoms with E-state index >= 15 is 0 Å². The standard InChI is InChI=1S/C11H11BrN4O2/c1-2-18-11(17)9-10(15-16-14-9)13-8-5-3-7(12)4-6-8/h3-6H,2H2,1H3,(H2,13,14,15,16). The molecule has 0 atom stereocenters. The summed E-state index contributed by atoms with van der Waals surface area (Å²) in [4.78, 5) is 11.6. The zero-order chi connectivity index (χ0) is 13.0. The van der Waals surface area contributed by atoms with Gasteiger partial charge >= 0.3 is 5.97 Å². The number of ether oxygens (including phenoxy) is 1. The topological polar surface area (TPSA) is 79.9 Å². The molecular weight excluding hydrogens is 300 g/mol. The number of carbonyl (C=O) groups excluding carboxylic acids is 1. The first-order chi connectivity index (χ1) is 8.70. The van der Waals surface area contributed by atoms with Gasteiger partial charge in [-0.3, -0.25) is 0 Å². The van der Waals surface area contributed by atoms with Crippen molar-refractivity contribution in [1.29, 1.82) is 0 Å². The van der Waals surface area contributed by atoms with E-state index in [2.05, 4.69) is 36.7 Å². The highest BCUT2D eigenvalue weighted by molar-refractivity contribution is 9.10. The minimum absolute atomic E-state index is 0.139. The normalized spacial score (nSPS) is 10.1. The monoisotopic (exact) mass is 310 g/mol. The lowest BCUT2D eigenvalue weighted by Crippen LogP contribution is -2.08. The number of aromatic amines is 1. The van der Waals surface area contributed by atoms with Gasteiger partial charge in [0.25, 0.3) is 0 Å². The molecule has 0 saturated carbocycles. The molecule has 7 heteroatoms. The molecule has 0 radical (unpaired) electrons. The Bertz CT molecular complexity index is 538. The van der Waals surface area contributed by atoms with Crippen LogP contribution in [-0.2, 0) is 4.74 Å². The quantitative estimate of drug-likeness (QED) is 0.848. The fourth-order valence-corrected chi connectivity index (χ4v) is 1.60. The van der Waals surface area contributed by atoms with Crippen LogP contribution in [0.2, 0.25) is 0 Å². The van der Waals surface area contributed by atoms with E-state index in [1.807, 2.05) is 24.3 Å². The van der Waals surface area contributed by atoms with Crippen molar-refractivity contribution >= 4 is 33.4 Å². The number of H-pyrrole nitrogens is 1. The molecule has 0 amide bonds. The maximum atomic E-state index is 11.6. The highest BCUT2D eigenvalue weighted by Crippen LogP contribution is 2.19. The molecule has 18 heavy (non-hydrogen) atoms. The highest BCUT2D eigenvalue weighted by Gasteiger charge is 2.17. The molecule has 2 N–H and O–H groups in total. The largest absolute Gasteiger partial charge is 0.461 e. The third-order valence-electron chi connectivity index (χ3n) is 2.13. The SMILES string of the molecule is CCOC(=O)c1nn[nH]c1Nc1ccc(Br)cc1. The van der Waals surface area contributed by atoms with Gasteiger partial charge in [0.05, 0.1) is 6.61 Å². The first-order valence-electron chi connectivity index (χ1n) is 5.31. The van der Waals surface area contributed by atoms with E-state index in [1.54, 1.807) is 6.92 Å². The first-order valence-corrected chi connectivity index (χ1v) is 6.10. The second-order valence-corrected chi connectivity index (χ2v) is 4.30. The number of esters is 1. The van der Waals surface area contributed by atoms with Gasteiger partial charge in [-0.15, -0.1) is 5.10 Å². The number of hydrogen-bond donors (Lipinski definition) is 2. The van der Waals surface area contributed by atoms with Gasteiger partial charge in [-0.1, -0.05) is 21.1 Å². The lowest BCUT2D eigenvalue weighted by molar-refractivity contribution is 0.0520. The van der Waals surface area contributed by atoms with Crippen LogP contribution in [0.5, 0.6) is 0 Å². The van der Waals surface area contributed by atoms with E-state index < -0.39 is 5.97 Å². The maximum Gasteiger partial charge on any atom is 0.362 e. The average Bonchev–Trinajstić information content (AvgIpc) is 2.81. The van der Waals surface area contributed by atoms with Crippen LogP contribution in [-0.4, -0.2) is 28.0 Å². The number of halogens is 1. The molecule has 0 spiro atoms. The van der Waals surface area contributed by atoms with Crippen molar-refractivity contribution in [1.82, 2.24) is 15.4 Å². The van der Waals surface area contributed by atoms with E-state index in [4.69, 9.17) is 4.74 Å². The number of carbonyl (C=O) groups is 1. The summed E-state index contributed by atoms with van der Waals surface area (Å²) in [6.07, 6.45) is 0. The molecule has 2 aromatic rings. The minimum Gasteiger partial charge on any atom is -0.461 e.